The Bertz CT molecular complexity index is 834. The summed E-state index contributed by atoms with van der Waals surface area (Å²) in [6.07, 6.45) is 8.67. The van der Waals surface area contributed by atoms with Crippen LogP contribution in [-0.4, -0.2) is 21.9 Å². The van der Waals surface area contributed by atoms with Gasteiger partial charge in [-0.3, -0.25) is 4.79 Å². The normalized spacial score (nSPS) is 10.9. The van der Waals surface area contributed by atoms with Gasteiger partial charge in [0.25, 0.3) is 0 Å². The number of para-hydroxylation sites is 1. The second-order valence-corrected chi connectivity index (χ2v) is 5.19. The predicted molar refractivity (Wildman–Crippen MR) is 94.5 cm³/mol. The van der Waals surface area contributed by atoms with Crippen molar-refractivity contribution in [2.24, 2.45) is 0 Å². The van der Waals surface area contributed by atoms with Crippen LogP contribution in [0.4, 0.5) is 0 Å². The average Bonchev–Trinajstić information content (AvgIpc) is 3.16. The number of hydrogen-bond acceptors (Lipinski definition) is 3. The molecule has 1 aromatic heterocycles. The molecule has 0 radical (unpaired) electrons. The van der Waals surface area contributed by atoms with Crippen molar-refractivity contribution in [1.82, 2.24) is 9.55 Å². The van der Waals surface area contributed by atoms with Crippen LogP contribution in [0.25, 0.3) is 11.8 Å². The summed E-state index contributed by atoms with van der Waals surface area (Å²) in [6, 6.07) is 15.1. The van der Waals surface area contributed by atoms with Crippen molar-refractivity contribution in [3.05, 3.63) is 84.5 Å². The molecule has 0 aliphatic rings. The van der Waals surface area contributed by atoms with E-state index in [1.165, 1.54) is 0 Å². The number of ether oxygens (including phenoxy) is 1. The molecular weight excluding hydrogens is 300 g/mol. The Hall–Kier alpha value is -3.14. The highest BCUT2D eigenvalue weighted by molar-refractivity contribution is 6.07. The summed E-state index contributed by atoms with van der Waals surface area (Å²) in [5.41, 5.74) is 2.50. The van der Waals surface area contributed by atoms with Crippen LogP contribution in [0.2, 0.25) is 0 Å². The average molecular weight is 318 g/mol. The van der Waals surface area contributed by atoms with Crippen LogP contribution in [-0.2, 0) is 0 Å². The van der Waals surface area contributed by atoms with Gasteiger partial charge < -0.3 is 9.30 Å². The number of aromatic nitrogens is 2. The number of benzene rings is 2. The van der Waals surface area contributed by atoms with Crippen molar-refractivity contribution in [1.29, 1.82) is 0 Å². The third kappa shape index (κ3) is 3.60. The lowest BCUT2D eigenvalue weighted by molar-refractivity contribution is 0.104. The molecule has 3 aromatic rings. The monoisotopic (exact) mass is 318 g/mol. The van der Waals surface area contributed by atoms with Gasteiger partial charge in [-0.15, -0.1) is 0 Å². The lowest BCUT2D eigenvalue weighted by Gasteiger charge is -2.06. The molecule has 0 N–H and O–H groups in total. The molecule has 2 aromatic carbocycles. The summed E-state index contributed by atoms with van der Waals surface area (Å²) in [4.78, 5) is 16.4. The van der Waals surface area contributed by atoms with Gasteiger partial charge >= 0.3 is 0 Å². The second-order valence-electron chi connectivity index (χ2n) is 5.19. The van der Waals surface area contributed by atoms with Crippen molar-refractivity contribution in [3.63, 3.8) is 0 Å². The fourth-order valence-electron chi connectivity index (χ4n) is 2.38. The Morgan fingerprint density at radius 2 is 1.96 bits per heavy atom. The highest BCUT2D eigenvalue weighted by Gasteiger charge is 2.04. The molecule has 0 saturated heterocycles. The third-order valence-electron chi connectivity index (χ3n) is 3.59. The van der Waals surface area contributed by atoms with E-state index in [9.17, 15) is 4.79 Å². The molecule has 0 atom stereocenters. The van der Waals surface area contributed by atoms with E-state index in [2.05, 4.69) is 4.98 Å². The minimum atomic E-state index is -0.0431. The molecule has 0 aliphatic carbocycles. The molecule has 4 heteroatoms. The third-order valence-corrected chi connectivity index (χ3v) is 3.59. The molecule has 0 fully saturated rings. The number of allylic oxidation sites excluding steroid dienone is 1. The first-order chi connectivity index (χ1) is 11.8. The molecule has 24 heavy (non-hydrogen) atoms. The van der Waals surface area contributed by atoms with Gasteiger partial charge in [-0.1, -0.05) is 18.2 Å². The topological polar surface area (TPSA) is 44.1 Å². The molecular formula is C20H18N2O2. The summed E-state index contributed by atoms with van der Waals surface area (Å²) >= 11 is 0. The van der Waals surface area contributed by atoms with E-state index in [4.69, 9.17) is 4.74 Å². The Morgan fingerprint density at radius 3 is 2.67 bits per heavy atom. The Labute approximate surface area is 141 Å². The summed E-state index contributed by atoms with van der Waals surface area (Å²) in [7, 11) is 0. The van der Waals surface area contributed by atoms with Gasteiger partial charge in [0.15, 0.2) is 5.78 Å². The quantitative estimate of drug-likeness (QED) is 0.506. The molecule has 0 spiro atoms. The van der Waals surface area contributed by atoms with Gasteiger partial charge in [0, 0.05) is 29.2 Å². The number of imidazole rings is 1. The summed E-state index contributed by atoms with van der Waals surface area (Å²) in [5.74, 6) is 0.734. The number of ketones is 1. The molecule has 0 aliphatic heterocycles. The lowest BCUT2D eigenvalue weighted by Crippen LogP contribution is -1.97. The maximum atomic E-state index is 12.3. The zero-order valence-electron chi connectivity index (χ0n) is 13.4. The van der Waals surface area contributed by atoms with Crippen LogP contribution in [0.3, 0.4) is 0 Å². The SMILES string of the molecule is CCOc1ccccc1C=CC(=O)c1ccc(-n2ccnc2)cc1. The highest BCUT2D eigenvalue weighted by atomic mass is 16.5. The van der Waals surface area contributed by atoms with Crippen LogP contribution >= 0.6 is 0 Å². The highest BCUT2D eigenvalue weighted by Crippen LogP contribution is 2.20. The standard InChI is InChI=1S/C20H18N2O2/c1-2-24-20-6-4-3-5-17(20)9-12-19(23)16-7-10-18(11-8-16)22-14-13-21-15-22/h3-15H,2H2,1H3. The fraction of sp³-hybridized carbons (Fsp3) is 0.100. The minimum absolute atomic E-state index is 0.0431. The van der Waals surface area contributed by atoms with Crippen LogP contribution in [0.5, 0.6) is 5.75 Å². The number of carbonyl (C=O) groups is 1. The molecule has 1 heterocycles. The van der Waals surface area contributed by atoms with E-state index in [0.717, 1.165) is 17.0 Å². The first-order valence-corrected chi connectivity index (χ1v) is 7.80. The summed E-state index contributed by atoms with van der Waals surface area (Å²) in [6.45, 7) is 2.53. The Balaban J connectivity index is 1.75. The smallest absolute Gasteiger partial charge is 0.185 e. The van der Waals surface area contributed by atoms with Crippen molar-refractivity contribution in [2.75, 3.05) is 6.61 Å². The van der Waals surface area contributed by atoms with Gasteiger partial charge in [0.2, 0.25) is 0 Å². The predicted octanol–water partition coefficient (Wildman–Crippen LogP) is 4.17. The van der Waals surface area contributed by atoms with E-state index < -0.39 is 0 Å². The Morgan fingerprint density at radius 1 is 1.17 bits per heavy atom. The second kappa shape index (κ2) is 7.42. The summed E-state index contributed by atoms with van der Waals surface area (Å²) in [5, 5.41) is 0. The number of nitrogens with zero attached hydrogens (tertiary/aromatic N) is 2. The largest absolute Gasteiger partial charge is 0.493 e. The zero-order chi connectivity index (χ0) is 16.8. The van der Waals surface area contributed by atoms with Crippen molar-refractivity contribution in [2.45, 2.75) is 6.92 Å². The molecule has 3 rings (SSSR count). The summed E-state index contributed by atoms with van der Waals surface area (Å²) < 4.78 is 7.45. The fourth-order valence-corrected chi connectivity index (χ4v) is 2.38. The van der Waals surface area contributed by atoms with Crippen molar-refractivity contribution < 1.29 is 9.53 Å². The first kappa shape index (κ1) is 15.7. The zero-order valence-corrected chi connectivity index (χ0v) is 13.4. The molecule has 0 saturated carbocycles. The molecule has 120 valence electrons. The van der Waals surface area contributed by atoms with Crippen LogP contribution < -0.4 is 4.74 Å². The van der Waals surface area contributed by atoms with Crippen LogP contribution in [0.1, 0.15) is 22.8 Å². The van der Waals surface area contributed by atoms with E-state index in [1.54, 1.807) is 24.7 Å². The number of carbonyl (C=O) groups excluding carboxylic acids is 1. The Kier molecular flexibility index (Phi) is 4.87. The van der Waals surface area contributed by atoms with Crippen LogP contribution in [0.15, 0.2) is 73.3 Å². The van der Waals surface area contributed by atoms with Crippen LogP contribution in [0, 0.1) is 0 Å². The number of hydrogen-bond donors (Lipinski definition) is 0. The van der Waals surface area contributed by atoms with Gasteiger partial charge in [-0.2, -0.15) is 0 Å². The van der Waals surface area contributed by atoms with Gasteiger partial charge in [-0.05, 0) is 49.4 Å². The van der Waals surface area contributed by atoms with Gasteiger partial charge in [-0.25, -0.2) is 4.98 Å². The molecule has 4 nitrogen and oxygen atoms in total. The van der Waals surface area contributed by atoms with E-state index in [-0.39, 0.29) is 5.78 Å². The molecule has 0 amide bonds. The van der Waals surface area contributed by atoms with Crippen molar-refractivity contribution in [3.8, 4) is 11.4 Å². The molecule has 0 unspecified atom stereocenters. The van der Waals surface area contributed by atoms with Gasteiger partial charge in [0.1, 0.15) is 5.75 Å². The number of rotatable bonds is 6. The molecule has 0 bridgehead atoms. The van der Waals surface area contributed by atoms with E-state index in [0.29, 0.717) is 12.2 Å². The maximum absolute atomic E-state index is 12.3. The van der Waals surface area contributed by atoms with Crippen molar-refractivity contribution >= 4 is 11.9 Å². The maximum Gasteiger partial charge on any atom is 0.185 e. The van der Waals surface area contributed by atoms with Gasteiger partial charge in [0.05, 0.1) is 12.9 Å². The minimum Gasteiger partial charge on any atom is -0.493 e. The lowest BCUT2D eigenvalue weighted by atomic mass is 10.1. The van der Waals surface area contributed by atoms with E-state index >= 15 is 0 Å². The van der Waals surface area contributed by atoms with E-state index in [1.807, 2.05) is 66.2 Å². The first-order valence-electron chi connectivity index (χ1n) is 7.80.